The van der Waals surface area contributed by atoms with Crippen LogP contribution in [-0.4, -0.2) is 52.3 Å². The van der Waals surface area contributed by atoms with Gasteiger partial charge in [0, 0.05) is 37.2 Å². The van der Waals surface area contributed by atoms with Crippen LogP contribution in [0.3, 0.4) is 0 Å². The summed E-state index contributed by atoms with van der Waals surface area (Å²) in [7, 11) is 1.61. The Morgan fingerprint density at radius 1 is 1.32 bits per heavy atom. The Hall–Kier alpha value is -3.26. The molecule has 3 heterocycles. The average molecular weight is 379 g/mol. The quantitative estimate of drug-likeness (QED) is 0.706. The molecule has 1 aliphatic rings. The zero-order valence-corrected chi connectivity index (χ0v) is 15.5. The number of rotatable bonds is 6. The Morgan fingerprint density at radius 3 is 2.93 bits per heavy atom. The molecule has 0 radical (unpaired) electrons. The van der Waals surface area contributed by atoms with E-state index in [1.165, 1.54) is 0 Å². The molecule has 1 atom stereocenters. The largest absolute Gasteiger partial charge is 0.497 e. The lowest BCUT2D eigenvalue weighted by molar-refractivity contribution is 0.0854. The number of carbonyl (C=O) groups excluding carboxylic acids is 1. The molecule has 0 saturated carbocycles. The van der Waals surface area contributed by atoms with E-state index in [4.69, 9.17) is 9.47 Å². The first-order valence-electron chi connectivity index (χ1n) is 9.16. The van der Waals surface area contributed by atoms with E-state index in [1.54, 1.807) is 24.2 Å². The van der Waals surface area contributed by atoms with Crippen LogP contribution in [0.2, 0.25) is 0 Å². The van der Waals surface area contributed by atoms with Gasteiger partial charge in [0.1, 0.15) is 11.4 Å². The molecule has 0 unspecified atom stereocenters. The second-order valence-electron chi connectivity index (χ2n) is 6.48. The van der Waals surface area contributed by atoms with Gasteiger partial charge in [-0.2, -0.15) is 0 Å². The van der Waals surface area contributed by atoms with E-state index in [2.05, 4.69) is 20.6 Å². The van der Waals surface area contributed by atoms with Crippen LogP contribution in [0.1, 0.15) is 23.3 Å². The Kier molecular flexibility index (Phi) is 5.29. The van der Waals surface area contributed by atoms with Crippen molar-refractivity contribution in [3.63, 3.8) is 0 Å². The van der Waals surface area contributed by atoms with Crippen LogP contribution >= 0.6 is 0 Å². The maximum atomic E-state index is 12.8. The van der Waals surface area contributed by atoms with Crippen LogP contribution in [-0.2, 0) is 4.74 Å². The summed E-state index contributed by atoms with van der Waals surface area (Å²) in [4.78, 5) is 16.9. The molecule has 1 aromatic carbocycles. The third-order valence-electron chi connectivity index (χ3n) is 4.65. The molecule has 3 aromatic rings. The first-order valence-corrected chi connectivity index (χ1v) is 9.16. The van der Waals surface area contributed by atoms with Crippen molar-refractivity contribution in [3.8, 4) is 22.7 Å². The van der Waals surface area contributed by atoms with Crippen molar-refractivity contribution >= 4 is 5.91 Å². The molecule has 0 bridgehead atoms. The molecule has 28 heavy (non-hydrogen) atoms. The van der Waals surface area contributed by atoms with Crippen molar-refractivity contribution in [2.24, 2.45) is 0 Å². The van der Waals surface area contributed by atoms with Crippen molar-refractivity contribution in [3.05, 3.63) is 54.5 Å². The van der Waals surface area contributed by atoms with Gasteiger partial charge in [0.05, 0.1) is 18.9 Å². The number of methoxy groups -OCH3 is 1. The fourth-order valence-electron chi connectivity index (χ4n) is 3.22. The summed E-state index contributed by atoms with van der Waals surface area (Å²) in [6, 6.07) is 11.1. The van der Waals surface area contributed by atoms with Gasteiger partial charge >= 0.3 is 0 Å². The highest BCUT2D eigenvalue weighted by Crippen LogP contribution is 2.26. The van der Waals surface area contributed by atoms with E-state index in [0.29, 0.717) is 18.0 Å². The van der Waals surface area contributed by atoms with Gasteiger partial charge in [0.2, 0.25) is 0 Å². The van der Waals surface area contributed by atoms with Crippen LogP contribution in [0.5, 0.6) is 5.75 Å². The third-order valence-corrected chi connectivity index (χ3v) is 4.65. The monoisotopic (exact) mass is 379 g/mol. The maximum Gasteiger partial charge on any atom is 0.274 e. The molecule has 1 fully saturated rings. The molecule has 1 saturated heterocycles. The number of ether oxygens (including phenoxy) is 2. The van der Waals surface area contributed by atoms with Gasteiger partial charge in [-0.3, -0.25) is 9.78 Å². The van der Waals surface area contributed by atoms with E-state index < -0.39 is 0 Å². The van der Waals surface area contributed by atoms with Gasteiger partial charge in [0.25, 0.3) is 5.91 Å². The molecule has 1 aliphatic heterocycles. The lowest BCUT2D eigenvalue weighted by Crippen LogP contribution is -2.32. The molecule has 0 aliphatic carbocycles. The van der Waals surface area contributed by atoms with Crippen molar-refractivity contribution in [1.29, 1.82) is 0 Å². The number of aromatic nitrogens is 4. The summed E-state index contributed by atoms with van der Waals surface area (Å²) in [5, 5.41) is 11.3. The number of nitrogens with zero attached hydrogens (tertiary/aromatic N) is 4. The molecular weight excluding hydrogens is 358 g/mol. The second kappa shape index (κ2) is 8.18. The molecule has 1 amide bonds. The van der Waals surface area contributed by atoms with Crippen LogP contribution in [0.15, 0.2) is 48.8 Å². The second-order valence-corrected chi connectivity index (χ2v) is 6.48. The van der Waals surface area contributed by atoms with Crippen molar-refractivity contribution in [1.82, 2.24) is 25.3 Å². The Balaban J connectivity index is 1.70. The van der Waals surface area contributed by atoms with Gasteiger partial charge in [-0.25, -0.2) is 4.68 Å². The van der Waals surface area contributed by atoms with Gasteiger partial charge in [-0.15, -0.1) is 5.10 Å². The smallest absolute Gasteiger partial charge is 0.274 e. The lowest BCUT2D eigenvalue weighted by atomic mass is 10.1. The van der Waals surface area contributed by atoms with Gasteiger partial charge in [-0.05, 0) is 37.1 Å². The number of nitrogens with one attached hydrogen (secondary N) is 1. The molecule has 2 aromatic heterocycles. The zero-order valence-electron chi connectivity index (χ0n) is 15.5. The minimum atomic E-state index is -0.281. The van der Waals surface area contributed by atoms with Gasteiger partial charge in [0.15, 0.2) is 5.69 Å². The number of benzene rings is 1. The summed E-state index contributed by atoms with van der Waals surface area (Å²) >= 11 is 0. The first kappa shape index (κ1) is 18.1. The minimum Gasteiger partial charge on any atom is -0.497 e. The van der Waals surface area contributed by atoms with Crippen molar-refractivity contribution in [2.75, 3.05) is 20.3 Å². The molecule has 0 spiro atoms. The number of hydrogen-bond donors (Lipinski definition) is 1. The first-order chi connectivity index (χ1) is 13.8. The molecule has 8 heteroatoms. The Labute approximate surface area is 162 Å². The van der Waals surface area contributed by atoms with E-state index in [-0.39, 0.29) is 17.7 Å². The predicted octanol–water partition coefficient (Wildman–Crippen LogP) is 2.25. The molecule has 4 rings (SSSR count). The lowest BCUT2D eigenvalue weighted by Gasteiger charge is -2.11. The van der Waals surface area contributed by atoms with Gasteiger partial charge < -0.3 is 14.8 Å². The molecule has 8 nitrogen and oxygen atoms in total. The summed E-state index contributed by atoms with van der Waals surface area (Å²) in [5.74, 6) is 0.412. The van der Waals surface area contributed by atoms with Gasteiger partial charge in [-0.1, -0.05) is 11.3 Å². The number of carbonyl (C=O) groups is 1. The average Bonchev–Trinajstić information content (AvgIpc) is 3.42. The van der Waals surface area contributed by atoms with E-state index >= 15 is 0 Å². The fraction of sp³-hybridized carbons (Fsp3) is 0.300. The molecule has 1 N–H and O–H groups in total. The van der Waals surface area contributed by atoms with Crippen LogP contribution in [0.25, 0.3) is 16.9 Å². The maximum absolute atomic E-state index is 12.8. The van der Waals surface area contributed by atoms with E-state index in [1.807, 2.05) is 36.4 Å². The normalized spacial score (nSPS) is 16.1. The highest BCUT2D eigenvalue weighted by atomic mass is 16.5. The Morgan fingerprint density at radius 2 is 2.18 bits per heavy atom. The summed E-state index contributed by atoms with van der Waals surface area (Å²) < 4.78 is 12.5. The minimum absolute atomic E-state index is 0.0572. The molecular formula is C20H21N5O3. The third kappa shape index (κ3) is 3.72. The SMILES string of the molecule is COc1cccc(-n2nnc(C(=O)NC[C@@H]3CCCO3)c2-c2ccncc2)c1. The van der Waals surface area contributed by atoms with Crippen LogP contribution < -0.4 is 10.1 Å². The topological polar surface area (TPSA) is 91.2 Å². The predicted molar refractivity (Wildman–Crippen MR) is 102 cm³/mol. The van der Waals surface area contributed by atoms with Crippen LogP contribution in [0, 0.1) is 0 Å². The summed E-state index contributed by atoms with van der Waals surface area (Å²) in [6.07, 6.45) is 5.38. The van der Waals surface area contributed by atoms with Crippen LogP contribution in [0.4, 0.5) is 0 Å². The summed E-state index contributed by atoms with van der Waals surface area (Å²) in [5.41, 5.74) is 2.40. The summed E-state index contributed by atoms with van der Waals surface area (Å²) in [6.45, 7) is 1.20. The highest BCUT2D eigenvalue weighted by Gasteiger charge is 2.24. The van der Waals surface area contributed by atoms with Crippen molar-refractivity contribution < 1.29 is 14.3 Å². The van der Waals surface area contributed by atoms with E-state index in [0.717, 1.165) is 30.7 Å². The Bertz CT molecular complexity index is 951. The number of amides is 1. The number of pyridine rings is 1. The zero-order chi connectivity index (χ0) is 19.3. The highest BCUT2D eigenvalue weighted by molar-refractivity contribution is 5.98. The van der Waals surface area contributed by atoms with E-state index in [9.17, 15) is 4.79 Å². The van der Waals surface area contributed by atoms with Crippen molar-refractivity contribution in [2.45, 2.75) is 18.9 Å². The fourth-order valence-corrected chi connectivity index (χ4v) is 3.22. The number of hydrogen-bond acceptors (Lipinski definition) is 6. The molecule has 144 valence electrons. The standard InChI is InChI=1S/C20H21N5O3/c1-27-16-5-2-4-15(12-16)25-19(14-7-9-21-10-8-14)18(23-24-25)20(26)22-13-17-6-3-11-28-17/h2,4-5,7-10,12,17H,3,6,11,13H2,1H3,(H,22,26)/t17-/m0/s1.